The van der Waals surface area contributed by atoms with Gasteiger partial charge in [-0.3, -0.25) is 19.7 Å². The topological polar surface area (TPSA) is 111 Å². The van der Waals surface area contributed by atoms with E-state index < -0.39 is 16.7 Å². The molecule has 2 N–H and O–H groups in total. The third kappa shape index (κ3) is 6.12. The minimum Gasteiger partial charge on any atom is -0.497 e. The van der Waals surface area contributed by atoms with Crippen LogP contribution in [0.1, 0.15) is 21.5 Å². The van der Waals surface area contributed by atoms with Gasteiger partial charge in [-0.25, -0.2) is 0 Å². The molecule has 0 aromatic heterocycles. The monoisotopic (exact) mass is 499 g/mol. The molecule has 0 saturated heterocycles. The Morgan fingerprint density at radius 2 is 1.82 bits per heavy atom. The summed E-state index contributed by atoms with van der Waals surface area (Å²) < 4.78 is 5.09. The zero-order valence-electron chi connectivity index (χ0n) is 18.1. The SMILES string of the molecule is COc1ccc(C(=O)N/C(=C/c2cccc([N+](=O)[O-])c2)C(=O)Nc2ccc(Cl)cc2C)c(Cl)c1. The summed E-state index contributed by atoms with van der Waals surface area (Å²) >= 11 is 12.2. The van der Waals surface area contributed by atoms with Gasteiger partial charge in [0.25, 0.3) is 17.5 Å². The summed E-state index contributed by atoms with van der Waals surface area (Å²) in [5, 5.41) is 17.0. The average Bonchev–Trinajstić information content (AvgIpc) is 2.80. The quantitative estimate of drug-likeness (QED) is 0.248. The summed E-state index contributed by atoms with van der Waals surface area (Å²) in [6.07, 6.45) is 1.34. The molecule has 0 aliphatic heterocycles. The fraction of sp³-hybridized carbons (Fsp3) is 0.0833. The van der Waals surface area contributed by atoms with E-state index in [1.165, 1.54) is 43.5 Å². The molecule has 174 valence electrons. The molecular formula is C24H19Cl2N3O5. The lowest BCUT2D eigenvalue weighted by molar-refractivity contribution is -0.384. The lowest BCUT2D eigenvalue weighted by Gasteiger charge is -2.14. The van der Waals surface area contributed by atoms with Crippen molar-refractivity contribution < 1.29 is 19.2 Å². The third-order valence-electron chi connectivity index (χ3n) is 4.74. The molecule has 3 aromatic rings. The maximum atomic E-state index is 13.1. The number of methoxy groups -OCH3 is 1. The van der Waals surface area contributed by atoms with Gasteiger partial charge in [0.15, 0.2) is 0 Å². The van der Waals surface area contributed by atoms with E-state index in [-0.39, 0.29) is 22.0 Å². The van der Waals surface area contributed by atoms with Gasteiger partial charge in [0, 0.05) is 22.8 Å². The molecule has 8 nitrogen and oxygen atoms in total. The number of carbonyl (C=O) groups is 2. The molecule has 0 atom stereocenters. The van der Waals surface area contributed by atoms with Crippen LogP contribution >= 0.6 is 23.2 Å². The highest BCUT2D eigenvalue weighted by Gasteiger charge is 2.18. The van der Waals surface area contributed by atoms with Crippen LogP contribution in [-0.2, 0) is 4.79 Å². The molecule has 10 heteroatoms. The number of anilines is 1. The van der Waals surface area contributed by atoms with Crippen molar-refractivity contribution in [2.24, 2.45) is 0 Å². The Morgan fingerprint density at radius 1 is 1.06 bits per heavy atom. The van der Waals surface area contributed by atoms with Crippen LogP contribution in [0.4, 0.5) is 11.4 Å². The standard InChI is InChI=1S/C24H19Cl2N3O5/c1-14-10-16(25)6-9-21(14)27-24(31)22(12-15-4-3-5-17(11-15)29(32)33)28-23(30)19-8-7-18(34-2)13-20(19)26/h3-13H,1-2H3,(H,27,31)(H,28,30)/b22-12+. The summed E-state index contributed by atoms with van der Waals surface area (Å²) in [5.41, 5.74) is 1.34. The first kappa shape index (κ1) is 24.8. The number of nitrogens with one attached hydrogen (secondary N) is 2. The molecule has 0 aliphatic carbocycles. The number of aryl methyl sites for hydroxylation is 1. The van der Waals surface area contributed by atoms with Crippen LogP contribution in [0.25, 0.3) is 6.08 Å². The van der Waals surface area contributed by atoms with Crippen molar-refractivity contribution in [2.75, 3.05) is 12.4 Å². The maximum Gasteiger partial charge on any atom is 0.272 e. The van der Waals surface area contributed by atoms with Gasteiger partial charge < -0.3 is 15.4 Å². The Bertz CT molecular complexity index is 1310. The second-order valence-corrected chi connectivity index (χ2v) is 7.97. The average molecular weight is 500 g/mol. The van der Waals surface area contributed by atoms with Gasteiger partial charge in [-0.2, -0.15) is 0 Å². The lowest BCUT2D eigenvalue weighted by atomic mass is 10.1. The molecule has 0 unspecified atom stereocenters. The highest BCUT2D eigenvalue weighted by Crippen LogP contribution is 2.24. The van der Waals surface area contributed by atoms with Crippen molar-refractivity contribution in [2.45, 2.75) is 6.92 Å². The fourth-order valence-corrected chi connectivity index (χ4v) is 3.49. The predicted molar refractivity (Wildman–Crippen MR) is 131 cm³/mol. The van der Waals surface area contributed by atoms with Gasteiger partial charge in [-0.15, -0.1) is 0 Å². The van der Waals surface area contributed by atoms with Gasteiger partial charge >= 0.3 is 0 Å². The van der Waals surface area contributed by atoms with Crippen molar-refractivity contribution in [1.82, 2.24) is 5.32 Å². The zero-order valence-corrected chi connectivity index (χ0v) is 19.6. The molecule has 0 radical (unpaired) electrons. The second-order valence-electron chi connectivity index (χ2n) is 7.12. The molecule has 0 bridgehead atoms. The Morgan fingerprint density at radius 3 is 2.47 bits per heavy atom. The van der Waals surface area contributed by atoms with Gasteiger partial charge in [0.05, 0.1) is 22.6 Å². The first-order chi connectivity index (χ1) is 16.2. The van der Waals surface area contributed by atoms with Crippen molar-refractivity contribution in [3.05, 3.63) is 103 Å². The fourth-order valence-electron chi connectivity index (χ4n) is 3.01. The third-order valence-corrected chi connectivity index (χ3v) is 5.29. The summed E-state index contributed by atoms with van der Waals surface area (Å²) in [6.45, 7) is 1.77. The molecule has 34 heavy (non-hydrogen) atoms. The van der Waals surface area contributed by atoms with Crippen LogP contribution in [0, 0.1) is 17.0 Å². The minimum absolute atomic E-state index is 0.114. The number of nitro benzene ring substituents is 1. The normalized spacial score (nSPS) is 11.0. The van der Waals surface area contributed by atoms with E-state index in [9.17, 15) is 19.7 Å². The van der Waals surface area contributed by atoms with E-state index in [0.29, 0.717) is 27.6 Å². The van der Waals surface area contributed by atoms with E-state index in [4.69, 9.17) is 27.9 Å². The van der Waals surface area contributed by atoms with Crippen LogP contribution < -0.4 is 15.4 Å². The Kier molecular flexibility index (Phi) is 7.88. The molecule has 0 spiro atoms. The van der Waals surface area contributed by atoms with Crippen molar-refractivity contribution in [1.29, 1.82) is 0 Å². The van der Waals surface area contributed by atoms with Gasteiger partial charge in [0.1, 0.15) is 11.4 Å². The van der Waals surface area contributed by atoms with E-state index in [1.807, 2.05) is 0 Å². The molecule has 3 aromatic carbocycles. The Labute approximate surface area is 205 Å². The smallest absolute Gasteiger partial charge is 0.272 e. The van der Waals surface area contributed by atoms with Crippen LogP contribution in [0.15, 0.2) is 66.4 Å². The van der Waals surface area contributed by atoms with E-state index in [0.717, 1.165) is 0 Å². The number of amides is 2. The Balaban J connectivity index is 1.97. The number of carbonyl (C=O) groups excluding carboxylic acids is 2. The van der Waals surface area contributed by atoms with Crippen molar-refractivity contribution >= 4 is 52.5 Å². The van der Waals surface area contributed by atoms with Crippen LogP contribution in [0.3, 0.4) is 0 Å². The maximum absolute atomic E-state index is 13.1. The summed E-state index contributed by atoms with van der Waals surface area (Å²) in [5.74, 6) is -0.827. The molecule has 0 aliphatic rings. The minimum atomic E-state index is -0.646. The number of ether oxygens (including phenoxy) is 1. The molecule has 0 saturated carbocycles. The number of nitro groups is 1. The van der Waals surface area contributed by atoms with E-state index in [2.05, 4.69) is 10.6 Å². The highest BCUT2D eigenvalue weighted by atomic mass is 35.5. The number of hydrogen-bond donors (Lipinski definition) is 2. The number of halogens is 2. The second kappa shape index (κ2) is 10.8. The summed E-state index contributed by atoms with van der Waals surface area (Å²) in [4.78, 5) is 36.6. The van der Waals surface area contributed by atoms with E-state index >= 15 is 0 Å². The zero-order chi connectivity index (χ0) is 24.8. The molecular weight excluding hydrogens is 481 g/mol. The molecule has 3 rings (SSSR count). The molecule has 2 amide bonds. The summed E-state index contributed by atoms with van der Waals surface area (Å²) in [6, 6.07) is 15.1. The molecule has 0 fully saturated rings. The number of nitrogens with zero attached hydrogens (tertiary/aromatic N) is 1. The van der Waals surface area contributed by atoms with Crippen LogP contribution in [0.2, 0.25) is 10.0 Å². The van der Waals surface area contributed by atoms with Crippen LogP contribution in [-0.4, -0.2) is 23.8 Å². The largest absolute Gasteiger partial charge is 0.497 e. The first-order valence-corrected chi connectivity index (χ1v) is 10.6. The molecule has 0 heterocycles. The number of benzene rings is 3. The van der Waals surface area contributed by atoms with Crippen molar-refractivity contribution in [3.63, 3.8) is 0 Å². The predicted octanol–water partition coefficient (Wildman–Crippen LogP) is 5.63. The van der Waals surface area contributed by atoms with E-state index in [1.54, 1.807) is 37.3 Å². The number of non-ortho nitro benzene ring substituents is 1. The first-order valence-electron chi connectivity index (χ1n) is 9.86. The number of rotatable bonds is 7. The highest BCUT2D eigenvalue weighted by molar-refractivity contribution is 6.34. The number of hydrogen-bond acceptors (Lipinski definition) is 5. The summed E-state index contributed by atoms with van der Waals surface area (Å²) in [7, 11) is 1.47. The van der Waals surface area contributed by atoms with Crippen molar-refractivity contribution in [3.8, 4) is 5.75 Å². The van der Waals surface area contributed by atoms with Crippen LogP contribution in [0.5, 0.6) is 5.75 Å². The van der Waals surface area contributed by atoms with Gasteiger partial charge in [-0.05, 0) is 60.5 Å². The Hall–Kier alpha value is -3.88. The van der Waals surface area contributed by atoms with Gasteiger partial charge in [0.2, 0.25) is 0 Å². The lowest BCUT2D eigenvalue weighted by Crippen LogP contribution is -2.31. The van der Waals surface area contributed by atoms with Gasteiger partial charge in [-0.1, -0.05) is 35.3 Å².